The number of carbonyl (C=O) groups excluding carboxylic acids is 1. The first-order valence-corrected chi connectivity index (χ1v) is 9.73. The maximum absolute atomic E-state index is 15.2. The molecule has 31 heavy (non-hydrogen) atoms. The summed E-state index contributed by atoms with van der Waals surface area (Å²) < 4.78 is 62.9. The summed E-state index contributed by atoms with van der Waals surface area (Å²) in [4.78, 5) is 12.0. The number of hydrogen-bond acceptors (Lipinski definition) is 4. The monoisotopic (exact) mass is 438 g/mol. The molecule has 0 saturated heterocycles. The highest BCUT2D eigenvalue weighted by Crippen LogP contribution is 2.55. The Morgan fingerprint density at radius 2 is 1.94 bits per heavy atom. The van der Waals surface area contributed by atoms with Crippen molar-refractivity contribution >= 4 is 11.6 Å². The number of ether oxygens (including phenoxy) is 1. The summed E-state index contributed by atoms with van der Waals surface area (Å²) in [6.07, 6.45) is -5.76. The summed E-state index contributed by atoms with van der Waals surface area (Å²) in [6, 6.07) is 5.55. The van der Waals surface area contributed by atoms with Crippen molar-refractivity contribution in [2.24, 2.45) is 0 Å². The summed E-state index contributed by atoms with van der Waals surface area (Å²) in [5.74, 6) is -1.17. The second-order valence-corrected chi connectivity index (χ2v) is 8.62. The van der Waals surface area contributed by atoms with Crippen LogP contribution < -0.4 is 15.4 Å². The van der Waals surface area contributed by atoms with Crippen LogP contribution in [-0.4, -0.2) is 29.9 Å². The molecule has 166 valence electrons. The normalized spacial score (nSPS) is 24.3. The van der Waals surface area contributed by atoms with E-state index in [2.05, 4.69) is 10.6 Å². The second-order valence-electron chi connectivity index (χ2n) is 8.62. The first kappa shape index (κ1) is 21.4. The van der Waals surface area contributed by atoms with Crippen LogP contribution in [0.15, 0.2) is 30.3 Å². The number of hydrogen-bond donors (Lipinski definition) is 3. The molecule has 0 bridgehead atoms. The molecule has 0 aromatic heterocycles. The number of nitrogens with one attached hydrogen (secondary N) is 2. The van der Waals surface area contributed by atoms with E-state index in [-0.39, 0.29) is 35.0 Å². The maximum Gasteiger partial charge on any atom is 0.419 e. The first-order chi connectivity index (χ1) is 14.4. The van der Waals surface area contributed by atoms with Gasteiger partial charge in [0.05, 0.1) is 13.2 Å². The van der Waals surface area contributed by atoms with Gasteiger partial charge in [0.25, 0.3) is 5.91 Å². The standard InChI is InChI=1S/C22H22F4N2O3/c1-20(2)10-21(30,22(24,25)26)18(12-7-8-15(31-3)17(23)16(12)20)28-14-6-4-5-11-13(14)9-27-19(11)29/h4-8,18,28,30H,9-10H2,1-3H3,(H,27,29). The number of aliphatic hydroxyl groups is 1. The minimum absolute atomic E-state index is 0.00994. The fraction of sp³-hybridized carbons (Fsp3) is 0.409. The molecule has 2 atom stereocenters. The first-order valence-electron chi connectivity index (χ1n) is 9.73. The minimum atomic E-state index is -5.00. The number of methoxy groups -OCH3 is 1. The fourth-order valence-electron chi connectivity index (χ4n) is 4.79. The van der Waals surface area contributed by atoms with Gasteiger partial charge in [-0.15, -0.1) is 0 Å². The highest BCUT2D eigenvalue weighted by Gasteiger charge is 2.64. The molecule has 1 aliphatic carbocycles. The largest absolute Gasteiger partial charge is 0.494 e. The molecule has 0 radical (unpaired) electrons. The van der Waals surface area contributed by atoms with Crippen molar-refractivity contribution in [3.63, 3.8) is 0 Å². The Hall–Kier alpha value is -2.81. The highest BCUT2D eigenvalue weighted by molar-refractivity contribution is 6.00. The van der Waals surface area contributed by atoms with Gasteiger partial charge in [-0.2, -0.15) is 13.2 Å². The van der Waals surface area contributed by atoms with Gasteiger partial charge >= 0.3 is 6.18 Å². The number of benzene rings is 2. The van der Waals surface area contributed by atoms with Crippen LogP contribution in [0.1, 0.15) is 53.4 Å². The molecule has 1 heterocycles. The molecule has 2 aliphatic rings. The molecule has 1 amide bonds. The van der Waals surface area contributed by atoms with E-state index in [1.165, 1.54) is 39.2 Å². The zero-order chi connectivity index (χ0) is 22.8. The smallest absolute Gasteiger partial charge is 0.419 e. The molecule has 1 aliphatic heterocycles. The van der Waals surface area contributed by atoms with Gasteiger partial charge < -0.3 is 20.5 Å². The van der Waals surface area contributed by atoms with Crippen LogP contribution in [-0.2, 0) is 12.0 Å². The number of fused-ring (bicyclic) bond motifs is 2. The Bertz CT molecular complexity index is 1070. The van der Waals surface area contributed by atoms with Gasteiger partial charge in [-0.1, -0.05) is 26.0 Å². The molecule has 0 saturated carbocycles. The Morgan fingerprint density at radius 1 is 1.23 bits per heavy atom. The van der Waals surface area contributed by atoms with E-state index in [9.17, 15) is 23.1 Å². The molecule has 0 spiro atoms. The van der Waals surface area contributed by atoms with Crippen LogP contribution in [0, 0.1) is 5.82 Å². The van der Waals surface area contributed by atoms with Crippen LogP contribution in [0.25, 0.3) is 0 Å². The second kappa shape index (κ2) is 6.85. The Balaban J connectivity index is 1.92. The number of anilines is 1. The molecule has 2 aromatic carbocycles. The molecule has 2 unspecified atom stereocenters. The van der Waals surface area contributed by atoms with Gasteiger partial charge in [-0.25, -0.2) is 4.39 Å². The van der Waals surface area contributed by atoms with E-state index in [4.69, 9.17) is 4.74 Å². The van der Waals surface area contributed by atoms with Crippen LogP contribution in [0.2, 0.25) is 0 Å². The average molecular weight is 438 g/mol. The van der Waals surface area contributed by atoms with Crippen LogP contribution >= 0.6 is 0 Å². The maximum atomic E-state index is 15.2. The lowest BCUT2D eigenvalue weighted by Gasteiger charge is -2.49. The predicted molar refractivity (Wildman–Crippen MR) is 106 cm³/mol. The van der Waals surface area contributed by atoms with Crippen molar-refractivity contribution in [1.29, 1.82) is 0 Å². The number of halogens is 4. The van der Waals surface area contributed by atoms with E-state index < -0.39 is 35.5 Å². The number of carbonyl (C=O) groups is 1. The van der Waals surface area contributed by atoms with Crippen molar-refractivity contribution in [3.8, 4) is 5.75 Å². The molecule has 3 N–H and O–H groups in total. The lowest BCUT2D eigenvalue weighted by Crippen LogP contribution is -2.58. The van der Waals surface area contributed by atoms with Gasteiger partial charge in [0, 0.05) is 28.9 Å². The van der Waals surface area contributed by atoms with E-state index in [0.29, 0.717) is 11.1 Å². The zero-order valence-electron chi connectivity index (χ0n) is 17.2. The van der Waals surface area contributed by atoms with Crippen molar-refractivity contribution in [2.75, 3.05) is 12.4 Å². The third kappa shape index (κ3) is 3.13. The number of alkyl halides is 3. The lowest BCUT2D eigenvalue weighted by atomic mass is 9.63. The van der Waals surface area contributed by atoms with E-state index in [1.54, 1.807) is 12.1 Å². The van der Waals surface area contributed by atoms with Crippen LogP contribution in [0.3, 0.4) is 0 Å². The summed E-state index contributed by atoms with van der Waals surface area (Å²) in [5.41, 5.74) is -3.35. The Morgan fingerprint density at radius 3 is 2.58 bits per heavy atom. The van der Waals surface area contributed by atoms with Gasteiger partial charge in [0.1, 0.15) is 0 Å². The third-order valence-corrected chi connectivity index (χ3v) is 6.17. The van der Waals surface area contributed by atoms with Crippen molar-refractivity contribution in [3.05, 3.63) is 58.4 Å². The average Bonchev–Trinajstić information content (AvgIpc) is 3.05. The quantitative estimate of drug-likeness (QED) is 0.628. The van der Waals surface area contributed by atoms with Crippen molar-refractivity contribution in [1.82, 2.24) is 5.32 Å². The van der Waals surface area contributed by atoms with Crippen molar-refractivity contribution in [2.45, 2.75) is 50.0 Å². The molecular weight excluding hydrogens is 416 g/mol. The number of amides is 1. The van der Waals surface area contributed by atoms with Crippen LogP contribution in [0.4, 0.5) is 23.2 Å². The summed E-state index contributed by atoms with van der Waals surface area (Å²) >= 11 is 0. The molecule has 9 heteroatoms. The van der Waals surface area contributed by atoms with E-state index in [1.807, 2.05) is 0 Å². The van der Waals surface area contributed by atoms with E-state index in [0.717, 1.165) is 0 Å². The Kier molecular flexibility index (Phi) is 4.73. The fourth-order valence-corrected chi connectivity index (χ4v) is 4.79. The predicted octanol–water partition coefficient (Wildman–Crippen LogP) is 4.21. The molecule has 2 aromatic rings. The SMILES string of the molecule is COc1ccc2c(c1F)C(C)(C)CC(O)(C(F)(F)F)C2Nc1cccc2c1CNC2=O. The summed E-state index contributed by atoms with van der Waals surface area (Å²) in [5, 5.41) is 16.4. The third-order valence-electron chi connectivity index (χ3n) is 6.17. The summed E-state index contributed by atoms with van der Waals surface area (Å²) in [6.45, 7) is 3.07. The van der Waals surface area contributed by atoms with Gasteiger partial charge in [-0.05, 0) is 35.6 Å². The molecule has 4 rings (SSSR count). The molecular formula is C22H22F4N2O3. The van der Waals surface area contributed by atoms with Crippen molar-refractivity contribution < 1.29 is 32.2 Å². The topological polar surface area (TPSA) is 70.6 Å². The van der Waals surface area contributed by atoms with Gasteiger partial charge in [-0.3, -0.25) is 4.79 Å². The zero-order valence-corrected chi connectivity index (χ0v) is 17.2. The van der Waals surface area contributed by atoms with E-state index >= 15 is 4.39 Å². The number of rotatable bonds is 3. The Labute approximate surface area is 176 Å². The van der Waals surface area contributed by atoms with Gasteiger partial charge in [0.15, 0.2) is 17.2 Å². The van der Waals surface area contributed by atoms with Gasteiger partial charge in [0.2, 0.25) is 0 Å². The van der Waals surface area contributed by atoms with Crippen LogP contribution in [0.5, 0.6) is 5.75 Å². The molecule has 0 fully saturated rings. The summed E-state index contributed by atoms with van der Waals surface area (Å²) in [7, 11) is 1.28. The lowest BCUT2D eigenvalue weighted by molar-refractivity contribution is -0.276. The minimum Gasteiger partial charge on any atom is -0.494 e. The highest BCUT2D eigenvalue weighted by atomic mass is 19.4. The molecule has 5 nitrogen and oxygen atoms in total.